The number of hydrogen-bond acceptors (Lipinski definition) is 3. The van der Waals surface area contributed by atoms with Crippen LogP contribution in [0.15, 0.2) is 24.3 Å². The molecule has 16 heavy (non-hydrogen) atoms. The van der Waals surface area contributed by atoms with Crippen molar-refractivity contribution < 1.29 is 13.9 Å². The largest absolute Gasteiger partial charge is 0.491 e. The van der Waals surface area contributed by atoms with Crippen LogP contribution in [0.3, 0.4) is 0 Å². The molecule has 0 N–H and O–H groups in total. The van der Waals surface area contributed by atoms with Gasteiger partial charge in [-0.05, 0) is 31.3 Å². The van der Waals surface area contributed by atoms with Gasteiger partial charge in [0.25, 0.3) is 0 Å². The lowest BCUT2D eigenvalue weighted by Gasteiger charge is -2.29. The monoisotopic (exact) mass is 225 g/mol. The zero-order valence-corrected chi connectivity index (χ0v) is 9.36. The number of nitrogens with zero attached hydrogens (tertiary/aromatic N) is 1. The minimum absolute atomic E-state index is 0.101. The molecule has 0 aliphatic carbocycles. The first-order valence-corrected chi connectivity index (χ1v) is 5.42. The molecule has 1 aliphatic heterocycles. The Labute approximate surface area is 94.8 Å². The van der Waals surface area contributed by atoms with E-state index in [1.54, 1.807) is 12.1 Å². The summed E-state index contributed by atoms with van der Waals surface area (Å²) in [7, 11) is 2.06. The summed E-state index contributed by atoms with van der Waals surface area (Å²) in [5.74, 6) is 0.430. The Hall–Kier alpha value is -1.13. The number of benzene rings is 1. The summed E-state index contributed by atoms with van der Waals surface area (Å²) >= 11 is 0. The first-order valence-electron chi connectivity index (χ1n) is 5.42. The molecule has 3 nitrogen and oxygen atoms in total. The molecule has 1 aromatic rings. The third-order valence-corrected chi connectivity index (χ3v) is 2.59. The van der Waals surface area contributed by atoms with Gasteiger partial charge in [-0.1, -0.05) is 0 Å². The van der Waals surface area contributed by atoms with Crippen molar-refractivity contribution in [3.63, 3.8) is 0 Å². The zero-order valence-electron chi connectivity index (χ0n) is 9.36. The summed E-state index contributed by atoms with van der Waals surface area (Å²) in [6, 6.07) is 6.04. The highest BCUT2D eigenvalue weighted by Crippen LogP contribution is 2.12. The first-order chi connectivity index (χ1) is 7.74. The maximum absolute atomic E-state index is 12.6. The van der Waals surface area contributed by atoms with Gasteiger partial charge in [-0.15, -0.1) is 0 Å². The minimum atomic E-state index is -0.249. The van der Waals surface area contributed by atoms with Crippen LogP contribution in [0.5, 0.6) is 5.75 Å². The normalized spacial score (nSPS) is 22.0. The van der Waals surface area contributed by atoms with E-state index in [1.807, 2.05) is 0 Å². The quantitative estimate of drug-likeness (QED) is 0.778. The highest BCUT2D eigenvalue weighted by atomic mass is 19.1. The number of likely N-dealkylation sites (N-methyl/N-ethyl adjacent to an activating group) is 1. The number of ether oxygens (including phenoxy) is 2. The Bertz CT molecular complexity index is 328. The molecule has 1 aromatic carbocycles. The van der Waals surface area contributed by atoms with Gasteiger partial charge in [-0.2, -0.15) is 0 Å². The Morgan fingerprint density at radius 3 is 2.88 bits per heavy atom. The van der Waals surface area contributed by atoms with Crippen LogP contribution in [0, 0.1) is 5.82 Å². The van der Waals surface area contributed by atoms with Gasteiger partial charge < -0.3 is 14.4 Å². The van der Waals surface area contributed by atoms with Crippen molar-refractivity contribution in [1.29, 1.82) is 0 Å². The predicted molar refractivity (Wildman–Crippen MR) is 59.1 cm³/mol. The zero-order chi connectivity index (χ0) is 11.4. The van der Waals surface area contributed by atoms with Crippen LogP contribution in [0.1, 0.15) is 0 Å². The summed E-state index contributed by atoms with van der Waals surface area (Å²) in [6.45, 7) is 3.10. The van der Waals surface area contributed by atoms with Gasteiger partial charge in [0.2, 0.25) is 0 Å². The van der Waals surface area contributed by atoms with E-state index < -0.39 is 0 Å². The van der Waals surface area contributed by atoms with E-state index in [4.69, 9.17) is 9.47 Å². The van der Waals surface area contributed by atoms with Crippen molar-refractivity contribution in [2.24, 2.45) is 0 Å². The maximum Gasteiger partial charge on any atom is 0.123 e. The Balaban J connectivity index is 1.80. The average Bonchev–Trinajstić information content (AvgIpc) is 2.28. The molecule has 4 heteroatoms. The summed E-state index contributed by atoms with van der Waals surface area (Å²) < 4.78 is 23.7. The fourth-order valence-electron chi connectivity index (χ4n) is 1.69. The van der Waals surface area contributed by atoms with Gasteiger partial charge in [0, 0.05) is 13.1 Å². The summed E-state index contributed by atoms with van der Waals surface area (Å²) in [5, 5.41) is 0. The maximum atomic E-state index is 12.6. The Morgan fingerprint density at radius 2 is 2.19 bits per heavy atom. The smallest absolute Gasteiger partial charge is 0.123 e. The van der Waals surface area contributed by atoms with Gasteiger partial charge in [-0.3, -0.25) is 0 Å². The molecule has 0 spiro atoms. The number of hydrogen-bond donors (Lipinski definition) is 0. The summed E-state index contributed by atoms with van der Waals surface area (Å²) in [5.41, 5.74) is 0. The molecule has 88 valence electrons. The minimum Gasteiger partial charge on any atom is -0.491 e. The Kier molecular flexibility index (Phi) is 3.74. The topological polar surface area (TPSA) is 21.7 Å². The van der Waals surface area contributed by atoms with E-state index in [9.17, 15) is 4.39 Å². The van der Waals surface area contributed by atoms with Gasteiger partial charge in [-0.25, -0.2) is 4.39 Å². The summed E-state index contributed by atoms with van der Waals surface area (Å²) in [6.07, 6.45) is 0.101. The van der Waals surface area contributed by atoms with Gasteiger partial charge in [0.1, 0.15) is 24.3 Å². The van der Waals surface area contributed by atoms with Crippen LogP contribution in [0.25, 0.3) is 0 Å². The molecule has 1 saturated heterocycles. The molecule has 0 radical (unpaired) electrons. The molecule has 0 aromatic heterocycles. The van der Waals surface area contributed by atoms with Crippen molar-refractivity contribution in [3.05, 3.63) is 30.1 Å². The van der Waals surface area contributed by atoms with Gasteiger partial charge in [0.05, 0.1) is 6.61 Å². The van der Waals surface area contributed by atoms with Crippen molar-refractivity contribution in [1.82, 2.24) is 4.90 Å². The second-order valence-electron chi connectivity index (χ2n) is 4.02. The van der Waals surface area contributed by atoms with E-state index in [1.165, 1.54) is 12.1 Å². The highest BCUT2D eigenvalue weighted by molar-refractivity contribution is 5.22. The third kappa shape index (κ3) is 3.18. The van der Waals surface area contributed by atoms with E-state index in [-0.39, 0.29) is 11.9 Å². The lowest BCUT2D eigenvalue weighted by Crippen LogP contribution is -2.42. The molecule has 1 unspecified atom stereocenters. The molecule has 1 fully saturated rings. The molecule has 0 bridgehead atoms. The molecule has 1 heterocycles. The third-order valence-electron chi connectivity index (χ3n) is 2.59. The second kappa shape index (κ2) is 5.27. The SMILES string of the molecule is CN1CCOC(COc2ccc(F)cc2)C1. The molecule has 1 aliphatic rings. The lowest BCUT2D eigenvalue weighted by molar-refractivity contribution is -0.0403. The first kappa shape index (κ1) is 11.4. The van der Waals surface area contributed by atoms with Crippen molar-refractivity contribution in [2.45, 2.75) is 6.10 Å². The molecule has 0 amide bonds. The van der Waals surface area contributed by atoms with Crippen LogP contribution in [0.2, 0.25) is 0 Å². The van der Waals surface area contributed by atoms with E-state index in [0.29, 0.717) is 12.4 Å². The number of morpholine rings is 1. The van der Waals surface area contributed by atoms with E-state index in [0.717, 1.165) is 19.7 Å². The van der Waals surface area contributed by atoms with Gasteiger partial charge in [0.15, 0.2) is 0 Å². The predicted octanol–water partition coefficient (Wildman–Crippen LogP) is 1.54. The fourth-order valence-corrected chi connectivity index (χ4v) is 1.69. The Morgan fingerprint density at radius 1 is 1.44 bits per heavy atom. The molecular weight excluding hydrogens is 209 g/mol. The number of halogens is 1. The average molecular weight is 225 g/mol. The highest BCUT2D eigenvalue weighted by Gasteiger charge is 2.17. The number of rotatable bonds is 3. The molecule has 0 saturated carbocycles. The molecule has 2 rings (SSSR count). The van der Waals surface area contributed by atoms with Crippen molar-refractivity contribution in [3.8, 4) is 5.75 Å². The molecule has 1 atom stereocenters. The van der Waals surface area contributed by atoms with Crippen molar-refractivity contribution in [2.75, 3.05) is 33.4 Å². The molecular formula is C12H16FNO2. The standard InChI is InChI=1S/C12H16FNO2/c1-14-6-7-15-12(8-14)9-16-11-4-2-10(13)3-5-11/h2-5,12H,6-9H2,1H3. The van der Waals surface area contributed by atoms with Crippen LogP contribution in [-0.2, 0) is 4.74 Å². The van der Waals surface area contributed by atoms with E-state index in [2.05, 4.69) is 11.9 Å². The van der Waals surface area contributed by atoms with Crippen LogP contribution < -0.4 is 4.74 Å². The van der Waals surface area contributed by atoms with Crippen LogP contribution >= 0.6 is 0 Å². The summed E-state index contributed by atoms with van der Waals surface area (Å²) in [4.78, 5) is 2.21. The fraction of sp³-hybridized carbons (Fsp3) is 0.500. The van der Waals surface area contributed by atoms with Gasteiger partial charge >= 0.3 is 0 Å². The van der Waals surface area contributed by atoms with Crippen LogP contribution in [0.4, 0.5) is 4.39 Å². The van der Waals surface area contributed by atoms with Crippen molar-refractivity contribution >= 4 is 0 Å². The second-order valence-corrected chi connectivity index (χ2v) is 4.02. The lowest BCUT2D eigenvalue weighted by atomic mass is 10.3. The van der Waals surface area contributed by atoms with E-state index >= 15 is 0 Å². The van der Waals surface area contributed by atoms with Crippen LogP contribution in [-0.4, -0.2) is 44.4 Å².